The van der Waals surface area contributed by atoms with E-state index in [1.165, 1.54) is 32.0 Å². The number of hydrogen-bond acceptors (Lipinski definition) is 5. The summed E-state index contributed by atoms with van der Waals surface area (Å²) < 4.78 is 25.4. The molecule has 0 aliphatic rings. The summed E-state index contributed by atoms with van der Waals surface area (Å²) in [5.74, 6) is -0.595. The normalized spacial score (nSPS) is 12.3. The van der Waals surface area contributed by atoms with Gasteiger partial charge >= 0.3 is 0 Å². The zero-order valence-electron chi connectivity index (χ0n) is 14.5. The first-order valence-corrected chi connectivity index (χ1v) is 9.57. The Kier molecular flexibility index (Phi) is 5.61. The van der Waals surface area contributed by atoms with Crippen LogP contribution in [0.25, 0.3) is 0 Å². The number of para-hydroxylation sites is 1. The molecule has 0 fully saturated rings. The molecule has 8 nitrogen and oxygen atoms in total. The highest BCUT2D eigenvalue weighted by Gasteiger charge is 2.29. The van der Waals surface area contributed by atoms with Crippen LogP contribution in [0.5, 0.6) is 0 Å². The smallest absolute Gasteiger partial charge is 0.274 e. The quantitative estimate of drug-likeness (QED) is 0.615. The summed E-state index contributed by atoms with van der Waals surface area (Å²) in [6.07, 6.45) is 1.02. The molecule has 0 saturated heterocycles. The van der Waals surface area contributed by atoms with Crippen molar-refractivity contribution >= 4 is 33.0 Å². The summed E-state index contributed by atoms with van der Waals surface area (Å²) in [6, 6.07) is 11.5. The van der Waals surface area contributed by atoms with Crippen LogP contribution in [-0.2, 0) is 14.8 Å². The van der Waals surface area contributed by atoms with Crippen LogP contribution in [0.1, 0.15) is 12.5 Å². The molecule has 2 aromatic carbocycles. The summed E-state index contributed by atoms with van der Waals surface area (Å²) in [5, 5.41) is 13.6. The number of benzene rings is 2. The van der Waals surface area contributed by atoms with Crippen molar-refractivity contribution in [1.82, 2.24) is 0 Å². The summed E-state index contributed by atoms with van der Waals surface area (Å²) >= 11 is 0. The van der Waals surface area contributed by atoms with Crippen LogP contribution in [0.3, 0.4) is 0 Å². The molecule has 1 amide bonds. The van der Waals surface area contributed by atoms with Crippen LogP contribution >= 0.6 is 0 Å². The number of sulfonamides is 1. The van der Waals surface area contributed by atoms with Crippen LogP contribution in [0, 0.1) is 17.0 Å². The molecular formula is C17H19N3O5S. The topological polar surface area (TPSA) is 110 Å². The summed E-state index contributed by atoms with van der Waals surface area (Å²) in [6.45, 7) is 2.97. The van der Waals surface area contributed by atoms with Crippen LogP contribution in [0.15, 0.2) is 48.5 Å². The van der Waals surface area contributed by atoms with E-state index in [1.807, 2.05) is 0 Å². The molecule has 0 unspecified atom stereocenters. The molecule has 26 heavy (non-hydrogen) atoms. The molecule has 0 aliphatic heterocycles. The molecule has 0 bridgehead atoms. The summed E-state index contributed by atoms with van der Waals surface area (Å²) in [5.41, 5.74) is 0.785. The zero-order valence-corrected chi connectivity index (χ0v) is 15.4. The van der Waals surface area contributed by atoms with Crippen molar-refractivity contribution in [2.24, 2.45) is 0 Å². The molecule has 1 atom stereocenters. The van der Waals surface area contributed by atoms with Gasteiger partial charge in [0.15, 0.2) is 0 Å². The highest BCUT2D eigenvalue weighted by atomic mass is 32.2. The lowest BCUT2D eigenvalue weighted by Gasteiger charge is -2.28. The second-order valence-electron chi connectivity index (χ2n) is 5.77. The van der Waals surface area contributed by atoms with E-state index in [9.17, 15) is 23.3 Å². The highest BCUT2D eigenvalue weighted by molar-refractivity contribution is 7.92. The number of amides is 1. The van der Waals surface area contributed by atoms with Gasteiger partial charge in [0.2, 0.25) is 15.9 Å². The molecule has 0 heterocycles. The monoisotopic (exact) mass is 377 g/mol. The predicted octanol–water partition coefficient (Wildman–Crippen LogP) is 2.70. The van der Waals surface area contributed by atoms with Crippen molar-refractivity contribution in [3.05, 3.63) is 64.2 Å². The molecule has 1 N–H and O–H groups in total. The van der Waals surface area contributed by atoms with Gasteiger partial charge in [-0.15, -0.1) is 0 Å². The first-order valence-electron chi connectivity index (χ1n) is 7.72. The van der Waals surface area contributed by atoms with Gasteiger partial charge in [-0.1, -0.05) is 24.3 Å². The van der Waals surface area contributed by atoms with E-state index in [-0.39, 0.29) is 11.4 Å². The number of rotatable bonds is 6. The number of anilines is 2. The van der Waals surface area contributed by atoms with Gasteiger partial charge in [-0.25, -0.2) is 8.42 Å². The van der Waals surface area contributed by atoms with Crippen molar-refractivity contribution in [3.63, 3.8) is 0 Å². The fraction of sp³-hybridized carbons (Fsp3) is 0.235. The largest absolute Gasteiger partial charge is 0.324 e. The molecule has 2 rings (SSSR count). The second kappa shape index (κ2) is 7.52. The minimum atomic E-state index is -3.72. The predicted molar refractivity (Wildman–Crippen MR) is 99.7 cm³/mol. The molecular weight excluding hydrogens is 358 g/mol. The average molecular weight is 377 g/mol. The lowest BCUT2D eigenvalue weighted by Crippen LogP contribution is -2.45. The van der Waals surface area contributed by atoms with E-state index < -0.39 is 26.9 Å². The minimum Gasteiger partial charge on any atom is -0.324 e. The fourth-order valence-corrected chi connectivity index (χ4v) is 3.75. The van der Waals surface area contributed by atoms with Gasteiger partial charge in [0.05, 0.1) is 28.1 Å². The SMILES string of the molecule is Cc1c(NC(=O)[C@H](C)N(c2ccccc2)S(C)(=O)=O)cccc1[N+](=O)[O-]. The van der Waals surface area contributed by atoms with Crippen molar-refractivity contribution in [2.45, 2.75) is 19.9 Å². The average Bonchev–Trinajstić information content (AvgIpc) is 2.56. The Labute approximate surface area is 151 Å². The van der Waals surface area contributed by atoms with E-state index in [1.54, 1.807) is 30.3 Å². The number of hydrogen-bond donors (Lipinski definition) is 1. The molecule has 0 aromatic heterocycles. The Bertz CT molecular complexity index is 929. The number of nitro benzene ring substituents is 1. The van der Waals surface area contributed by atoms with Crippen LogP contribution in [0.4, 0.5) is 17.1 Å². The van der Waals surface area contributed by atoms with E-state index in [0.29, 0.717) is 11.3 Å². The molecule has 2 aromatic rings. The van der Waals surface area contributed by atoms with Crippen molar-refractivity contribution in [3.8, 4) is 0 Å². The maximum absolute atomic E-state index is 12.6. The van der Waals surface area contributed by atoms with Crippen LogP contribution in [0.2, 0.25) is 0 Å². The third-order valence-corrected chi connectivity index (χ3v) is 5.10. The van der Waals surface area contributed by atoms with Gasteiger partial charge < -0.3 is 5.32 Å². The first kappa shape index (κ1) is 19.4. The molecule has 138 valence electrons. The van der Waals surface area contributed by atoms with E-state index in [2.05, 4.69) is 5.32 Å². The van der Waals surface area contributed by atoms with E-state index >= 15 is 0 Å². The van der Waals surface area contributed by atoms with Gasteiger partial charge in [-0.3, -0.25) is 19.2 Å². The molecule has 0 saturated carbocycles. The van der Waals surface area contributed by atoms with E-state index in [0.717, 1.165) is 10.6 Å². The lowest BCUT2D eigenvalue weighted by molar-refractivity contribution is -0.385. The zero-order chi connectivity index (χ0) is 19.5. The van der Waals surface area contributed by atoms with Gasteiger partial charge in [-0.05, 0) is 32.0 Å². The maximum Gasteiger partial charge on any atom is 0.274 e. The number of carbonyl (C=O) groups excluding carboxylic acids is 1. The Morgan fingerprint density at radius 1 is 1.15 bits per heavy atom. The van der Waals surface area contributed by atoms with Gasteiger partial charge in [-0.2, -0.15) is 0 Å². The second-order valence-corrected chi connectivity index (χ2v) is 7.63. The Balaban J connectivity index is 2.34. The molecule has 0 radical (unpaired) electrons. The van der Waals surface area contributed by atoms with Crippen molar-refractivity contribution < 1.29 is 18.1 Å². The Morgan fingerprint density at radius 3 is 2.31 bits per heavy atom. The maximum atomic E-state index is 12.6. The van der Waals surface area contributed by atoms with Gasteiger partial charge in [0.1, 0.15) is 6.04 Å². The van der Waals surface area contributed by atoms with E-state index in [4.69, 9.17) is 0 Å². The third-order valence-electron chi connectivity index (χ3n) is 3.86. The number of carbonyl (C=O) groups is 1. The van der Waals surface area contributed by atoms with Crippen molar-refractivity contribution in [1.29, 1.82) is 0 Å². The number of nitrogens with zero attached hydrogens (tertiary/aromatic N) is 2. The third kappa shape index (κ3) is 4.17. The fourth-order valence-electron chi connectivity index (χ4n) is 2.58. The van der Waals surface area contributed by atoms with Crippen LogP contribution in [-0.4, -0.2) is 31.5 Å². The standard InChI is InChI=1S/C17H19N3O5S/c1-12-15(10-7-11-16(12)20(22)23)18-17(21)13(2)19(26(3,24)25)14-8-5-4-6-9-14/h4-11,13H,1-3H3,(H,18,21)/t13-/m0/s1. The molecule has 9 heteroatoms. The Hall–Kier alpha value is -2.94. The lowest BCUT2D eigenvalue weighted by atomic mass is 10.1. The summed E-state index contributed by atoms with van der Waals surface area (Å²) in [4.78, 5) is 23.1. The first-order chi connectivity index (χ1) is 12.1. The summed E-state index contributed by atoms with van der Waals surface area (Å²) in [7, 11) is -3.72. The number of nitro groups is 1. The Morgan fingerprint density at radius 2 is 1.77 bits per heavy atom. The van der Waals surface area contributed by atoms with Gasteiger partial charge in [0.25, 0.3) is 5.69 Å². The number of nitrogens with one attached hydrogen (secondary N) is 1. The molecule has 0 aliphatic carbocycles. The molecule has 0 spiro atoms. The minimum absolute atomic E-state index is 0.126. The van der Waals surface area contributed by atoms with Gasteiger partial charge in [0, 0.05) is 6.07 Å². The van der Waals surface area contributed by atoms with Crippen LogP contribution < -0.4 is 9.62 Å². The van der Waals surface area contributed by atoms with Crippen molar-refractivity contribution in [2.75, 3.05) is 15.9 Å². The highest BCUT2D eigenvalue weighted by Crippen LogP contribution is 2.26.